The van der Waals surface area contributed by atoms with E-state index in [1.54, 1.807) is 30.3 Å². The highest BCUT2D eigenvalue weighted by molar-refractivity contribution is 7.92. The zero-order valence-electron chi connectivity index (χ0n) is 22.2. The molecular weight excluding hydrogens is 482 g/mol. The lowest BCUT2D eigenvalue weighted by Crippen LogP contribution is -2.42. The van der Waals surface area contributed by atoms with Crippen molar-refractivity contribution in [2.75, 3.05) is 28.8 Å². The Labute approximate surface area is 221 Å². The number of rotatable bonds is 8. The number of hydrogen-bond donors (Lipinski definition) is 1. The summed E-state index contributed by atoms with van der Waals surface area (Å²) in [6.45, 7) is 9.50. The molecule has 0 radical (unpaired) electrons. The molecule has 1 unspecified atom stereocenters. The van der Waals surface area contributed by atoms with Gasteiger partial charge in [-0.1, -0.05) is 47.5 Å². The largest absolute Gasteiger partial charge is 0.372 e. The highest BCUT2D eigenvalue weighted by Crippen LogP contribution is 2.28. The van der Waals surface area contributed by atoms with Crippen molar-refractivity contribution in [3.05, 3.63) is 89.0 Å². The average Bonchev–Trinajstić information content (AvgIpc) is 2.88. The van der Waals surface area contributed by atoms with Crippen LogP contribution in [0.2, 0.25) is 0 Å². The minimum absolute atomic E-state index is 0.159. The zero-order valence-corrected chi connectivity index (χ0v) is 23.0. The van der Waals surface area contributed by atoms with Gasteiger partial charge in [-0.2, -0.15) is 0 Å². The topological polar surface area (TPSA) is 69.7 Å². The molecule has 3 aromatic carbocycles. The molecule has 6 nitrogen and oxygen atoms in total. The molecule has 1 atom stereocenters. The Kier molecular flexibility index (Phi) is 8.22. The fourth-order valence-electron chi connectivity index (χ4n) is 4.85. The van der Waals surface area contributed by atoms with Crippen LogP contribution in [0.15, 0.2) is 71.6 Å². The normalized spacial score (nSPS) is 14.8. The second-order valence-corrected chi connectivity index (χ2v) is 11.9. The Balaban J connectivity index is 1.53. The lowest BCUT2D eigenvalue weighted by molar-refractivity contribution is -0.120. The van der Waals surface area contributed by atoms with Gasteiger partial charge in [0.1, 0.15) is 6.54 Å². The highest BCUT2D eigenvalue weighted by Gasteiger charge is 2.29. The molecule has 37 heavy (non-hydrogen) atoms. The van der Waals surface area contributed by atoms with Crippen molar-refractivity contribution in [2.24, 2.45) is 0 Å². The molecule has 1 N–H and O–H groups in total. The number of carbonyl (C=O) groups is 1. The molecule has 0 saturated carbocycles. The van der Waals surface area contributed by atoms with E-state index < -0.39 is 10.0 Å². The number of anilines is 2. The first-order valence-electron chi connectivity index (χ1n) is 13.0. The van der Waals surface area contributed by atoms with Crippen LogP contribution in [0.25, 0.3) is 0 Å². The Morgan fingerprint density at radius 1 is 0.892 bits per heavy atom. The smallest absolute Gasteiger partial charge is 0.264 e. The van der Waals surface area contributed by atoms with Crippen molar-refractivity contribution >= 4 is 27.3 Å². The third-order valence-electron chi connectivity index (χ3n) is 7.01. The molecule has 1 fully saturated rings. The molecule has 0 bridgehead atoms. The summed E-state index contributed by atoms with van der Waals surface area (Å²) in [7, 11) is -3.95. The maximum absolute atomic E-state index is 13.7. The average molecular weight is 520 g/mol. The van der Waals surface area contributed by atoms with Crippen molar-refractivity contribution in [1.82, 2.24) is 5.32 Å². The van der Waals surface area contributed by atoms with E-state index in [0.29, 0.717) is 5.69 Å². The van der Waals surface area contributed by atoms with E-state index in [4.69, 9.17) is 0 Å². The molecule has 3 aromatic rings. The van der Waals surface area contributed by atoms with Gasteiger partial charge in [0.15, 0.2) is 0 Å². The summed E-state index contributed by atoms with van der Waals surface area (Å²) >= 11 is 0. The Morgan fingerprint density at radius 2 is 1.51 bits per heavy atom. The number of nitrogens with one attached hydrogen (secondary N) is 1. The van der Waals surface area contributed by atoms with E-state index in [0.717, 1.165) is 35.3 Å². The van der Waals surface area contributed by atoms with Gasteiger partial charge in [-0.25, -0.2) is 8.42 Å². The third kappa shape index (κ3) is 6.34. The number of nitrogens with zero attached hydrogens (tertiary/aromatic N) is 2. The van der Waals surface area contributed by atoms with Crippen LogP contribution in [0.3, 0.4) is 0 Å². The summed E-state index contributed by atoms with van der Waals surface area (Å²) in [6, 6.07) is 20.3. The van der Waals surface area contributed by atoms with E-state index >= 15 is 0 Å². The van der Waals surface area contributed by atoms with Crippen LogP contribution in [0, 0.1) is 20.8 Å². The van der Waals surface area contributed by atoms with Gasteiger partial charge in [0.05, 0.1) is 16.6 Å². The predicted octanol–water partition coefficient (Wildman–Crippen LogP) is 5.67. The number of benzene rings is 3. The Morgan fingerprint density at radius 3 is 2.14 bits per heavy atom. The number of sulfonamides is 1. The number of piperidine rings is 1. The summed E-state index contributed by atoms with van der Waals surface area (Å²) in [4.78, 5) is 15.8. The van der Waals surface area contributed by atoms with Crippen LogP contribution < -0.4 is 14.5 Å². The van der Waals surface area contributed by atoms with Gasteiger partial charge in [0.25, 0.3) is 10.0 Å². The van der Waals surface area contributed by atoms with Crippen LogP contribution >= 0.6 is 0 Å². The summed E-state index contributed by atoms with van der Waals surface area (Å²) in [5, 5.41) is 3.00. The fourth-order valence-corrected chi connectivity index (χ4v) is 6.33. The summed E-state index contributed by atoms with van der Waals surface area (Å²) in [5.74, 6) is -0.358. The molecule has 1 saturated heterocycles. The summed E-state index contributed by atoms with van der Waals surface area (Å²) in [6.07, 6.45) is 3.73. The molecule has 0 aliphatic carbocycles. The predicted molar refractivity (Wildman–Crippen MR) is 151 cm³/mol. The number of amides is 1. The van der Waals surface area contributed by atoms with Crippen molar-refractivity contribution in [3.63, 3.8) is 0 Å². The van der Waals surface area contributed by atoms with Crippen LogP contribution in [-0.4, -0.2) is 34.0 Å². The summed E-state index contributed by atoms with van der Waals surface area (Å²) in [5.41, 5.74) is 5.47. The lowest BCUT2D eigenvalue weighted by Gasteiger charge is -2.29. The van der Waals surface area contributed by atoms with E-state index in [9.17, 15) is 13.2 Å². The Hall–Kier alpha value is -3.32. The molecule has 1 aliphatic heterocycles. The first-order chi connectivity index (χ1) is 17.6. The number of hydrogen-bond acceptors (Lipinski definition) is 4. The quantitative estimate of drug-likeness (QED) is 0.416. The molecule has 1 heterocycles. The van der Waals surface area contributed by atoms with Crippen LogP contribution in [-0.2, 0) is 14.8 Å². The van der Waals surface area contributed by atoms with E-state index in [1.807, 2.05) is 52.0 Å². The van der Waals surface area contributed by atoms with Crippen molar-refractivity contribution in [3.8, 4) is 0 Å². The van der Waals surface area contributed by atoms with Crippen LogP contribution in [0.4, 0.5) is 11.4 Å². The fraction of sp³-hybridized carbons (Fsp3) is 0.367. The van der Waals surface area contributed by atoms with Gasteiger partial charge in [-0.3, -0.25) is 9.10 Å². The molecular formula is C30H37N3O3S. The van der Waals surface area contributed by atoms with E-state index in [2.05, 4.69) is 22.3 Å². The first-order valence-corrected chi connectivity index (χ1v) is 14.4. The summed E-state index contributed by atoms with van der Waals surface area (Å²) < 4.78 is 28.6. The van der Waals surface area contributed by atoms with Gasteiger partial charge in [-0.15, -0.1) is 0 Å². The molecule has 7 heteroatoms. The second kappa shape index (κ2) is 11.4. The van der Waals surface area contributed by atoms with Gasteiger partial charge in [-0.05, 0) is 88.4 Å². The number of aryl methyl sites for hydroxylation is 3. The van der Waals surface area contributed by atoms with E-state index in [-0.39, 0.29) is 23.4 Å². The van der Waals surface area contributed by atoms with Crippen LogP contribution in [0.5, 0.6) is 0 Å². The standard InChI is InChI=1S/C30H37N3O3S/c1-22-8-15-28(16-9-22)37(35,36)33(29-17-10-23(2)20-24(29)3)21-30(34)31-25(4)26-11-13-27(14-12-26)32-18-6-5-7-19-32/h8-17,20,25H,5-7,18-19,21H2,1-4H3,(H,31,34). The second-order valence-electron chi connectivity index (χ2n) is 10.0. The van der Waals surface area contributed by atoms with Crippen LogP contribution in [0.1, 0.15) is 54.5 Å². The molecule has 0 aromatic heterocycles. The minimum atomic E-state index is -3.95. The van der Waals surface area contributed by atoms with Crippen molar-refractivity contribution < 1.29 is 13.2 Å². The van der Waals surface area contributed by atoms with Crippen molar-refractivity contribution in [1.29, 1.82) is 0 Å². The third-order valence-corrected chi connectivity index (χ3v) is 8.78. The van der Waals surface area contributed by atoms with E-state index in [1.165, 1.54) is 29.3 Å². The molecule has 196 valence electrons. The highest BCUT2D eigenvalue weighted by atomic mass is 32.2. The van der Waals surface area contributed by atoms with Gasteiger partial charge >= 0.3 is 0 Å². The molecule has 0 spiro atoms. The maximum atomic E-state index is 13.7. The minimum Gasteiger partial charge on any atom is -0.372 e. The molecule has 4 rings (SSSR count). The zero-order chi connectivity index (χ0) is 26.6. The monoisotopic (exact) mass is 519 g/mol. The first kappa shape index (κ1) is 26.7. The van der Waals surface area contributed by atoms with Gasteiger partial charge < -0.3 is 10.2 Å². The lowest BCUT2D eigenvalue weighted by atomic mass is 10.1. The molecule has 1 aliphatic rings. The number of carbonyl (C=O) groups excluding carboxylic acids is 1. The van der Waals surface area contributed by atoms with Crippen molar-refractivity contribution in [2.45, 2.75) is 57.9 Å². The van der Waals surface area contributed by atoms with Gasteiger partial charge in [0, 0.05) is 18.8 Å². The maximum Gasteiger partial charge on any atom is 0.264 e. The molecule has 1 amide bonds. The van der Waals surface area contributed by atoms with Gasteiger partial charge in [0.2, 0.25) is 5.91 Å². The SMILES string of the molecule is Cc1ccc(S(=O)(=O)N(CC(=O)NC(C)c2ccc(N3CCCCC3)cc2)c2ccc(C)cc2C)cc1. The Bertz CT molecular complexity index is 1330.